The van der Waals surface area contributed by atoms with Gasteiger partial charge >= 0.3 is 0 Å². The largest absolute Gasteiger partial charge is 0.480 e. The zero-order valence-corrected chi connectivity index (χ0v) is 15.3. The lowest BCUT2D eigenvalue weighted by Crippen LogP contribution is -2.47. The number of amides is 2. The molecular formula is C21H21FN2O3. The van der Waals surface area contributed by atoms with Crippen LogP contribution in [0, 0.1) is 19.7 Å². The van der Waals surface area contributed by atoms with Gasteiger partial charge in [0.15, 0.2) is 6.10 Å². The van der Waals surface area contributed by atoms with Gasteiger partial charge in [0.2, 0.25) is 5.91 Å². The molecule has 0 aromatic heterocycles. The number of fused-ring (bicyclic) bond motifs is 1. The van der Waals surface area contributed by atoms with Gasteiger partial charge in [-0.1, -0.05) is 18.2 Å². The molecular weight excluding hydrogens is 347 g/mol. The molecule has 2 aromatic rings. The standard InChI is InChI=1S/C21H21FN2O3/c1-12-9-14-11-19(27-18(14)10-13(12)2)20(25)23-16-7-8-24(21(16)26)17-6-4-3-5-15(17)22/h3-6,9-10,16,19H,7-8,11H2,1-2H3,(H,23,25). The maximum absolute atomic E-state index is 14.0. The number of aryl methyl sites for hydroxylation is 2. The molecule has 2 aliphatic heterocycles. The van der Waals surface area contributed by atoms with Crippen LogP contribution in [-0.4, -0.2) is 30.5 Å². The van der Waals surface area contributed by atoms with Gasteiger partial charge in [-0.25, -0.2) is 4.39 Å². The minimum Gasteiger partial charge on any atom is -0.480 e. The van der Waals surface area contributed by atoms with Crippen molar-refractivity contribution in [2.24, 2.45) is 0 Å². The van der Waals surface area contributed by atoms with E-state index in [-0.39, 0.29) is 17.5 Å². The molecule has 2 atom stereocenters. The predicted octanol–water partition coefficient (Wildman–Crippen LogP) is 2.67. The van der Waals surface area contributed by atoms with E-state index < -0.39 is 18.0 Å². The number of anilines is 1. The van der Waals surface area contributed by atoms with Crippen LogP contribution in [0.5, 0.6) is 5.75 Å². The highest BCUT2D eigenvalue weighted by atomic mass is 19.1. The van der Waals surface area contributed by atoms with E-state index in [1.54, 1.807) is 18.2 Å². The van der Waals surface area contributed by atoms with Gasteiger partial charge in [0, 0.05) is 13.0 Å². The van der Waals surface area contributed by atoms with Crippen LogP contribution in [0.15, 0.2) is 36.4 Å². The lowest BCUT2D eigenvalue weighted by atomic mass is 10.0. The SMILES string of the molecule is Cc1cc2c(cc1C)OC(C(=O)NC1CCN(c3ccccc3F)C1=O)C2. The smallest absolute Gasteiger partial charge is 0.262 e. The second-order valence-corrected chi connectivity index (χ2v) is 7.15. The number of carbonyl (C=O) groups excluding carboxylic acids is 2. The maximum Gasteiger partial charge on any atom is 0.262 e. The highest BCUT2D eigenvalue weighted by molar-refractivity contribution is 6.01. The normalized spacial score (nSPS) is 21.1. The first-order chi connectivity index (χ1) is 12.9. The van der Waals surface area contributed by atoms with Crippen molar-refractivity contribution in [2.75, 3.05) is 11.4 Å². The predicted molar refractivity (Wildman–Crippen MR) is 99.3 cm³/mol. The molecule has 0 radical (unpaired) electrons. The van der Waals surface area contributed by atoms with Crippen molar-refractivity contribution in [3.8, 4) is 5.75 Å². The first kappa shape index (κ1) is 17.5. The first-order valence-electron chi connectivity index (χ1n) is 9.07. The summed E-state index contributed by atoms with van der Waals surface area (Å²) in [6.45, 7) is 4.40. The lowest BCUT2D eigenvalue weighted by Gasteiger charge is -2.18. The summed E-state index contributed by atoms with van der Waals surface area (Å²) in [5, 5.41) is 2.78. The molecule has 1 N–H and O–H groups in total. The Morgan fingerprint density at radius 1 is 1.22 bits per heavy atom. The Morgan fingerprint density at radius 2 is 1.96 bits per heavy atom. The number of carbonyl (C=O) groups is 2. The molecule has 1 saturated heterocycles. The summed E-state index contributed by atoms with van der Waals surface area (Å²) < 4.78 is 19.7. The van der Waals surface area contributed by atoms with Crippen LogP contribution >= 0.6 is 0 Å². The van der Waals surface area contributed by atoms with Crippen LogP contribution in [0.25, 0.3) is 0 Å². The zero-order chi connectivity index (χ0) is 19.1. The van der Waals surface area contributed by atoms with E-state index in [0.717, 1.165) is 22.4 Å². The van der Waals surface area contributed by atoms with E-state index in [9.17, 15) is 14.0 Å². The maximum atomic E-state index is 14.0. The van der Waals surface area contributed by atoms with Crippen LogP contribution in [0.2, 0.25) is 0 Å². The minimum atomic E-state index is -0.659. The third-order valence-corrected chi connectivity index (χ3v) is 5.31. The van der Waals surface area contributed by atoms with Crippen LogP contribution in [0.3, 0.4) is 0 Å². The van der Waals surface area contributed by atoms with E-state index in [1.807, 2.05) is 26.0 Å². The second kappa shape index (κ2) is 6.68. The quantitative estimate of drug-likeness (QED) is 0.906. The molecule has 140 valence electrons. The third kappa shape index (κ3) is 3.16. The number of nitrogens with zero attached hydrogens (tertiary/aromatic N) is 1. The molecule has 2 amide bonds. The van der Waals surface area contributed by atoms with Gasteiger partial charge in [0.05, 0.1) is 5.69 Å². The summed E-state index contributed by atoms with van der Waals surface area (Å²) in [5.41, 5.74) is 3.52. The van der Waals surface area contributed by atoms with Crippen LogP contribution < -0.4 is 15.0 Å². The fraction of sp³-hybridized carbons (Fsp3) is 0.333. The summed E-state index contributed by atoms with van der Waals surface area (Å²) in [4.78, 5) is 26.6. The Morgan fingerprint density at radius 3 is 2.74 bits per heavy atom. The first-order valence-corrected chi connectivity index (χ1v) is 9.07. The van der Waals surface area contributed by atoms with Crippen molar-refractivity contribution in [2.45, 2.75) is 38.8 Å². The fourth-order valence-corrected chi connectivity index (χ4v) is 3.65. The van der Waals surface area contributed by atoms with Crippen molar-refractivity contribution in [1.82, 2.24) is 5.32 Å². The van der Waals surface area contributed by atoms with Crippen LogP contribution in [0.4, 0.5) is 10.1 Å². The van der Waals surface area contributed by atoms with E-state index >= 15 is 0 Å². The number of rotatable bonds is 3. The van der Waals surface area contributed by atoms with Gasteiger partial charge in [-0.05, 0) is 55.2 Å². The van der Waals surface area contributed by atoms with Crippen molar-refractivity contribution in [1.29, 1.82) is 0 Å². The van der Waals surface area contributed by atoms with Crippen molar-refractivity contribution >= 4 is 17.5 Å². The molecule has 5 nitrogen and oxygen atoms in total. The average Bonchev–Trinajstić information content (AvgIpc) is 3.20. The molecule has 1 fully saturated rings. The third-order valence-electron chi connectivity index (χ3n) is 5.31. The van der Waals surface area contributed by atoms with Crippen LogP contribution in [0.1, 0.15) is 23.1 Å². The van der Waals surface area contributed by atoms with Gasteiger partial charge in [-0.2, -0.15) is 0 Å². The van der Waals surface area contributed by atoms with Gasteiger partial charge < -0.3 is 15.0 Å². The van der Waals surface area contributed by atoms with Gasteiger partial charge in [-0.3, -0.25) is 9.59 Å². The van der Waals surface area contributed by atoms with Crippen LogP contribution in [-0.2, 0) is 16.0 Å². The monoisotopic (exact) mass is 368 g/mol. The highest BCUT2D eigenvalue weighted by Gasteiger charge is 2.37. The summed E-state index contributed by atoms with van der Waals surface area (Å²) >= 11 is 0. The number of para-hydroxylation sites is 1. The molecule has 2 heterocycles. The Bertz CT molecular complexity index is 897. The second-order valence-electron chi connectivity index (χ2n) is 7.15. The molecule has 2 aliphatic rings. The number of hydrogen-bond acceptors (Lipinski definition) is 3. The zero-order valence-electron chi connectivity index (χ0n) is 15.3. The molecule has 0 spiro atoms. The number of ether oxygens (including phenoxy) is 1. The minimum absolute atomic E-state index is 0.245. The topological polar surface area (TPSA) is 58.6 Å². The number of benzene rings is 2. The summed E-state index contributed by atoms with van der Waals surface area (Å²) in [7, 11) is 0. The molecule has 6 heteroatoms. The molecule has 0 saturated carbocycles. The summed E-state index contributed by atoms with van der Waals surface area (Å²) in [5.74, 6) is -0.326. The lowest BCUT2D eigenvalue weighted by molar-refractivity contribution is -0.130. The number of nitrogens with one attached hydrogen (secondary N) is 1. The van der Waals surface area contributed by atoms with E-state index in [0.29, 0.717) is 19.4 Å². The Labute approximate surface area is 157 Å². The molecule has 4 rings (SSSR count). The van der Waals surface area contributed by atoms with Gasteiger partial charge in [0.1, 0.15) is 17.6 Å². The Hall–Kier alpha value is -2.89. The Kier molecular flexibility index (Phi) is 4.34. The molecule has 0 bridgehead atoms. The van der Waals surface area contributed by atoms with Crippen molar-refractivity contribution < 1.29 is 18.7 Å². The van der Waals surface area contributed by atoms with E-state index in [2.05, 4.69) is 5.32 Å². The summed E-state index contributed by atoms with van der Waals surface area (Å²) in [6, 6.07) is 9.48. The van der Waals surface area contributed by atoms with Crippen molar-refractivity contribution in [3.05, 3.63) is 58.9 Å². The molecule has 27 heavy (non-hydrogen) atoms. The highest BCUT2D eigenvalue weighted by Crippen LogP contribution is 2.32. The number of halogens is 1. The van der Waals surface area contributed by atoms with Gasteiger partial charge in [0.25, 0.3) is 5.91 Å². The average molecular weight is 368 g/mol. The number of hydrogen-bond donors (Lipinski definition) is 1. The fourth-order valence-electron chi connectivity index (χ4n) is 3.65. The summed E-state index contributed by atoms with van der Waals surface area (Å²) in [6.07, 6.45) is 0.285. The van der Waals surface area contributed by atoms with E-state index in [1.165, 1.54) is 11.0 Å². The van der Waals surface area contributed by atoms with E-state index in [4.69, 9.17) is 4.74 Å². The molecule has 2 aromatic carbocycles. The molecule has 0 aliphatic carbocycles. The van der Waals surface area contributed by atoms with Gasteiger partial charge in [-0.15, -0.1) is 0 Å². The van der Waals surface area contributed by atoms with Crippen molar-refractivity contribution in [3.63, 3.8) is 0 Å². The Balaban J connectivity index is 1.42. The molecule has 2 unspecified atom stereocenters.